The second kappa shape index (κ2) is 7.83. The highest BCUT2D eigenvalue weighted by atomic mass is 16.5. The standard InChI is InChI=1S/C20H27N3O2/c1-4-23(20(24)13-18-12-15(2)25-21-18)19-10-11-22(14-19)16(3)17-8-6-5-7-9-17/h5-9,12,16,19H,4,10-11,13-14H2,1-3H3/t16-,19-/m1/s1. The van der Waals surface area contributed by atoms with Crippen molar-refractivity contribution < 1.29 is 9.32 Å². The second-order valence-electron chi connectivity index (χ2n) is 6.81. The number of hydrogen-bond acceptors (Lipinski definition) is 4. The Hall–Kier alpha value is -2.14. The Balaban J connectivity index is 1.61. The fraction of sp³-hybridized carbons (Fsp3) is 0.500. The van der Waals surface area contributed by atoms with E-state index in [0.29, 0.717) is 18.2 Å². The van der Waals surface area contributed by atoms with Crippen molar-refractivity contribution in [1.82, 2.24) is 15.0 Å². The Kier molecular flexibility index (Phi) is 5.53. The number of carbonyl (C=O) groups excluding carboxylic acids is 1. The molecule has 0 N–H and O–H groups in total. The van der Waals surface area contributed by atoms with E-state index in [9.17, 15) is 4.79 Å². The van der Waals surface area contributed by atoms with Gasteiger partial charge < -0.3 is 9.42 Å². The Morgan fingerprint density at radius 3 is 2.80 bits per heavy atom. The lowest BCUT2D eigenvalue weighted by Gasteiger charge is -2.29. The Labute approximate surface area is 149 Å². The maximum Gasteiger partial charge on any atom is 0.229 e. The first-order valence-corrected chi connectivity index (χ1v) is 9.09. The monoisotopic (exact) mass is 341 g/mol. The van der Waals surface area contributed by atoms with Gasteiger partial charge in [0.1, 0.15) is 5.76 Å². The van der Waals surface area contributed by atoms with Crippen LogP contribution in [0.5, 0.6) is 0 Å². The number of benzene rings is 1. The Bertz CT molecular complexity index is 698. The number of nitrogens with zero attached hydrogens (tertiary/aromatic N) is 3. The fourth-order valence-electron chi connectivity index (χ4n) is 3.71. The van der Waals surface area contributed by atoms with Crippen molar-refractivity contribution in [3.05, 3.63) is 53.4 Å². The van der Waals surface area contributed by atoms with Gasteiger partial charge in [-0.3, -0.25) is 9.69 Å². The molecule has 1 aromatic heterocycles. The van der Waals surface area contributed by atoms with E-state index in [4.69, 9.17) is 4.52 Å². The summed E-state index contributed by atoms with van der Waals surface area (Å²) in [6.45, 7) is 8.82. The van der Waals surface area contributed by atoms with Crippen molar-refractivity contribution in [3.8, 4) is 0 Å². The minimum atomic E-state index is 0.134. The number of likely N-dealkylation sites (tertiary alicyclic amines) is 1. The van der Waals surface area contributed by atoms with Crippen LogP contribution in [0, 0.1) is 6.92 Å². The summed E-state index contributed by atoms with van der Waals surface area (Å²) in [4.78, 5) is 17.2. The number of rotatable bonds is 6. The van der Waals surface area contributed by atoms with E-state index in [-0.39, 0.29) is 11.9 Å². The molecule has 1 aliphatic heterocycles. The summed E-state index contributed by atoms with van der Waals surface area (Å²) in [6, 6.07) is 13.1. The zero-order valence-electron chi connectivity index (χ0n) is 15.3. The van der Waals surface area contributed by atoms with Gasteiger partial charge in [0.15, 0.2) is 0 Å². The minimum Gasteiger partial charge on any atom is -0.361 e. The highest BCUT2D eigenvalue weighted by molar-refractivity contribution is 5.78. The lowest BCUT2D eigenvalue weighted by atomic mass is 10.1. The van der Waals surface area contributed by atoms with Crippen LogP contribution in [-0.2, 0) is 11.2 Å². The molecule has 1 fully saturated rings. The molecule has 3 rings (SSSR count). The molecule has 2 heterocycles. The number of likely N-dealkylation sites (N-methyl/N-ethyl adjacent to an activating group) is 1. The highest BCUT2D eigenvalue weighted by Crippen LogP contribution is 2.26. The van der Waals surface area contributed by atoms with Crippen LogP contribution in [0.1, 0.15) is 43.3 Å². The van der Waals surface area contributed by atoms with Gasteiger partial charge >= 0.3 is 0 Å². The molecule has 1 amide bonds. The van der Waals surface area contributed by atoms with E-state index in [1.165, 1.54) is 5.56 Å². The van der Waals surface area contributed by atoms with E-state index in [0.717, 1.165) is 31.8 Å². The van der Waals surface area contributed by atoms with Gasteiger partial charge in [0.25, 0.3) is 0 Å². The average Bonchev–Trinajstić information content (AvgIpc) is 3.25. The summed E-state index contributed by atoms with van der Waals surface area (Å²) in [5.74, 6) is 0.879. The van der Waals surface area contributed by atoms with E-state index in [1.807, 2.05) is 24.0 Å². The van der Waals surface area contributed by atoms with Gasteiger partial charge in [0.2, 0.25) is 5.91 Å². The first kappa shape index (κ1) is 17.7. The fourth-order valence-corrected chi connectivity index (χ4v) is 3.71. The molecule has 134 valence electrons. The normalized spacial score (nSPS) is 19.1. The molecule has 1 aromatic carbocycles. The molecule has 0 radical (unpaired) electrons. The third kappa shape index (κ3) is 4.10. The third-order valence-corrected chi connectivity index (χ3v) is 5.14. The summed E-state index contributed by atoms with van der Waals surface area (Å²) in [7, 11) is 0. The van der Waals surface area contributed by atoms with Crippen LogP contribution in [0.2, 0.25) is 0 Å². The molecule has 0 saturated carbocycles. The molecule has 5 heteroatoms. The molecule has 1 saturated heterocycles. The second-order valence-corrected chi connectivity index (χ2v) is 6.81. The molecule has 2 aromatic rings. The Morgan fingerprint density at radius 2 is 2.16 bits per heavy atom. The highest BCUT2D eigenvalue weighted by Gasteiger charge is 2.32. The quantitative estimate of drug-likeness (QED) is 0.809. The number of hydrogen-bond donors (Lipinski definition) is 0. The maximum atomic E-state index is 12.7. The maximum absolute atomic E-state index is 12.7. The number of amides is 1. The number of aromatic nitrogens is 1. The molecule has 0 bridgehead atoms. The van der Waals surface area contributed by atoms with Gasteiger partial charge in [-0.15, -0.1) is 0 Å². The predicted octanol–water partition coefficient (Wildman–Crippen LogP) is 3.21. The van der Waals surface area contributed by atoms with E-state index in [2.05, 4.69) is 48.2 Å². The van der Waals surface area contributed by atoms with Gasteiger partial charge in [-0.1, -0.05) is 35.5 Å². The van der Waals surface area contributed by atoms with Crippen molar-refractivity contribution in [3.63, 3.8) is 0 Å². The van der Waals surface area contributed by atoms with Crippen LogP contribution in [0.25, 0.3) is 0 Å². The summed E-state index contributed by atoms with van der Waals surface area (Å²) < 4.78 is 5.07. The van der Waals surface area contributed by atoms with E-state index < -0.39 is 0 Å². The summed E-state index contributed by atoms with van der Waals surface area (Å²) in [5.41, 5.74) is 2.05. The molecular formula is C20H27N3O2. The Morgan fingerprint density at radius 1 is 1.40 bits per heavy atom. The zero-order chi connectivity index (χ0) is 17.8. The van der Waals surface area contributed by atoms with Crippen LogP contribution >= 0.6 is 0 Å². The summed E-state index contributed by atoms with van der Waals surface area (Å²) >= 11 is 0. The smallest absolute Gasteiger partial charge is 0.229 e. The molecular weight excluding hydrogens is 314 g/mol. The van der Waals surface area contributed by atoms with Crippen molar-refractivity contribution in [2.75, 3.05) is 19.6 Å². The predicted molar refractivity (Wildman–Crippen MR) is 97.2 cm³/mol. The van der Waals surface area contributed by atoms with E-state index in [1.54, 1.807) is 0 Å². The lowest BCUT2D eigenvalue weighted by molar-refractivity contribution is -0.132. The third-order valence-electron chi connectivity index (χ3n) is 5.14. The molecule has 2 atom stereocenters. The number of carbonyl (C=O) groups is 1. The van der Waals surface area contributed by atoms with Crippen LogP contribution in [0.15, 0.2) is 40.9 Å². The summed E-state index contributed by atoms with van der Waals surface area (Å²) in [5, 5.41) is 3.95. The minimum absolute atomic E-state index is 0.134. The van der Waals surface area contributed by atoms with Gasteiger partial charge in [-0.2, -0.15) is 0 Å². The van der Waals surface area contributed by atoms with Gasteiger partial charge in [-0.25, -0.2) is 0 Å². The zero-order valence-corrected chi connectivity index (χ0v) is 15.3. The van der Waals surface area contributed by atoms with Crippen molar-refractivity contribution in [2.45, 2.75) is 45.7 Å². The van der Waals surface area contributed by atoms with Gasteiger partial charge in [-0.05, 0) is 32.8 Å². The van der Waals surface area contributed by atoms with Crippen LogP contribution in [0.3, 0.4) is 0 Å². The van der Waals surface area contributed by atoms with Crippen molar-refractivity contribution >= 4 is 5.91 Å². The van der Waals surface area contributed by atoms with E-state index >= 15 is 0 Å². The van der Waals surface area contributed by atoms with Crippen molar-refractivity contribution in [2.24, 2.45) is 0 Å². The summed E-state index contributed by atoms with van der Waals surface area (Å²) in [6.07, 6.45) is 1.34. The van der Waals surface area contributed by atoms with Gasteiger partial charge in [0, 0.05) is 37.8 Å². The number of aryl methyl sites for hydroxylation is 1. The molecule has 0 unspecified atom stereocenters. The largest absolute Gasteiger partial charge is 0.361 e. The lowest BCUT2D eigenvalue weighted by Crippen LogP contribution is -2.42. The molecule has 25 heavy (non-hydrogen) atoms. The molecule has 1 aliphatic rings. The molecule has 0 aliphatic carbocycles. The SMILES string of the molecule is CCN(C(=O)Cc1cc(C)on1)[C@@H]1CCN([C@H](C)c2ccccc2)C1. The first-order chi connectivity index (χ1) is 12.1. The molecule has 5 nitrogen and oxygen atoms in total. The van der Waals surface area contributed by atoms with Crippen molar-refractivity contribution in [1.29, 1.82) is 0 Å². The topological polar surface area (TPSA) is 49.6 Å². The average molecular weight is 341 g/mol. The molecule has 0 spiro atoms. The van der Waals surface area contributed by atoms with Crippen LogP contribution in [-0.4, -0.2) is 46.5 Å². The van der Waals surface area contributed by atoms with Gasteiger partial charge in [0.05, 0.1) is 12.1 Å². The first-order valence-electron chi connectivity index (χ1n) is 9.09. The van der Waals surface area contributed by atoms with Crippen LogP contribution < -0.4 is 0 Å². The van der Waals surface area contributed by atoms with Crippen LogP contribution in [0.4, 0.5) is 0 Å².